The first-order valence-corrected chi connectivity index (χ1v) is 6.48. The normalized spacial score (nSPS) is 11.8. The number of nitrogens with one attached hydrogen (secondary N) is 1. The third-order valence-corrected chi connectivity index (χ3v) is 3.13. The van der Waals surface area contributed by atoms with Crippen molar-refractivity contribution in [3.63, 3.8) is 0 Å². The monoisotopic (exact) mass is 255 g/mol. The molecule has 96 valence electrons. The number of rotatable bonds is 7. The van der Waals surface area contributed by atoms with Crippen LogP contribution in [0.1, 0.15) is 32.8 Å². The Morgan fingerprint density at radius 2 is 2.12 bits per heavy atom. The molecule has 2 nitrogen and oxygen atoms in total. The van der Waals surface area contributed by atoms with E-state index in [0.29, 0.717) is 6.61 Å². The van der Waals surface area contributed by atoms with Gasteiger partial charge in [0.25, 0.3) is 0 Å². The molecule has 0 atom stereocenters. The van der Waals surface area contributed by atoms with Crippen LogP contribution in [-0.2, 0) is 11.3 Å². The van der Waals surface area contributed by atoms with Crippen molar-refractivity contribution >= 4 is 11.6 Å². The molecule has 1 rings (SSSR count). The minimum atomic E-state index is 0.194. The van der Waals surface area contributed by atoms with E-state index in [1.54, 1.807) is 0 Å². The van der Waals surface area contributed by atoms with Crippen molar-refractivity contribution < 1.29 is 4.74 Å². The van der Waals surface area contributed by atoms with Crippen LogP contribution in [0.4, 0.5) is 0 Å². The van der Waals surface area contributed by atoms with Gasteiger partial charge in [-0.25, -0.2) is 0 Å². The highest BCUT2D eigenvalue weighted by Crippen LogP contribution is 2.11. The van der Waals surface area contributed by atoms with Gasteiger partial charge in [-0.05, 0) is 38.0 Å². The van der Waals surface area contributed by atoms with Gasteiger partial charge in [0.2, 0.25) is 0 Å². The summed E-state index contributed by atoms with van der Waals surface area (Å²) in [4.78, 5) is 0. The summed E-state index contributed by atoms with van der Waals surface area (Å²) in [6.07, 6.45) is 1.11. The van der Waals surface area contributed by atoms with Gasteiger partial charge in [0.1, 0.15) is 0 Å². The van der Waals surface area contributed by atoms with E-state index in [1.807, 2.05) is 24.3 Å². The number of benzene rings is 1. The smallest absolute Gasteiger partial charge is 0.0718 e. The summed E-state index contributed by atoms with van der Waals surface area (Å²) in [6, 6.07) is 7.77. The van der Waals surface area contributed by atoms with E-state index in [1.165, 1.54) is 0 Å². The van der Waals surface area contributed by atoms with Gasteiger partial charge in [0, 0.05) is 17.1 Å². The lowest BCUT2D eigenvalue weighted by molar-refractivity contribution is 0.117. The summed E-state index contributed by atoms with van der Waals surface area (Å²) >= 11 is 5.90. The second-order valence-electron chi connectivity index (χ2n) is 4.85. The van der Waals surface area contributed by atoms with E-state index >= 15 is 0 Å². The zero-order valence-electron chi connectivity index (χ0n) is 10.9. The molecule has 0 radical (unpaired) electrons. The van der Waals surface area contributed by atoms with Gasteiger partial charge in [0.15, 0.2) is 0 Å². The fourth-order valence-corrected chi connectivity index (χ4v) is 1.62. The number of hydrogen-bond acceptors (Lipinski definition) is 2. The first-order valence-electron chi connectivity index (χ1n) is 6.11. The van der Waals surface area contributed by atoms with Crippen LogP contribution in [0.2, 0.25) is 5.02 Å². The van der Waals surface area contributed by atoms with Crippen molar-refractivity contribution in [2.24, 2.45) is 0 Å². The van der Waals surface area contributed by atoms with Gasteiger partial charge in [-0.2, -0.15) is 0 Å². The third kappa shape index (κ3) is 6.06. The van der Waals surface area contributed by atoms with Crippen LogP contribution >= 0.6 is 11.6 Å². The molecule has 0 aliphatic rings. The fourth-order valence-electron chi connectivity index (χ4n) is 1.40. The van der Waals surface area contributed by atoms with E-state index in [9.17, 15) is 0 Å². The Balaban J connectivity index is 2.17. The summed E-state index contributed by atoms with van der Waals surface area (Å²) in [5.41, 5.74) is 1.31. The molecule has 0 amide bonds. The van der Waals surface area contributed by atoms with Crippen molar-refractivity contribution in [3.8, 4) is 0 Å². The predicted molar refractivity (Wildman–Crippen MR) is 73.5 cm³/mol. The lowest BCUT2D eigenvalue weighted by Gasteiger charge is -2.24. The first-order chi connectivity index (χ1) is 8.03. The Labute approximate surface area is 109 Å². The van der Waals surface area contributed by atoms with Crippen molar-refractivity contribution in [3.05, 3.63) is 34.9 Å². The van der Waals surface area contributed by atoms with Crippen molar-refractivity contribution in [2.45, 2.75) is 39.3 Å². The molecular formula is C14H22ClNO. The molecule has 0 bridgehead atoms. The molecule has 0 saturated carbocycles. The predicted octanol–water partition coefficient (Wildman–Crippen LogP) is 3.63. The van der Waals surface area contributed by atoms with Gasteiger partial charge in [-0.15, -0.1) is 0 Å². The lowest BCUT2D eigenvalue weighted by atomic mass is 10.0. The Bertz CT molecular complexity index is 339. The summed E-state index contributed by atoms with van der Waals surface area (Å²) < 4.78 is 5.59. The van der Waals surface area contributed by atoms with E-state index in [2.05, 4.69) is 26.1 Å². The van der Waals surface area contributed by atoms with Gasteiger partial charge >= 0.3 is 0 Å². The average molecular weight is 256 g/mol. The second-order valence-corrected chi connectivity index (χ2v) is 5.28. The molecule has 0 spiro atoms. The van der Waals surface area contributed by atoms with E-state index < -0.39 is 0 Å². The minimum absolute atomic E-state index is 0.194. The number of hydrogen-bond donors (Lipinski definition) is 1. The van der Waals surface area contributed by atoms with Crippen LogP contribution in [0, 0.1) is 0 Å². The summed E-state index contributed by atoms with van der Waals surface area (Å²) in [5, 5.41) is 4.22. The topological polar surface area (TPSA) is 21.3 Å². The maximum atomic E-state index is 5.90. The Morgan fingerprint density at radius 1 is 1.35 bits per heavy atom. The molecule has 1 aromatic carbocycles. The van der Waals surface area contributed by atoms with E-state index in [0.717, 1.165) is 30.2 Å². The summed E-state index contributed by atoms with van der Waals surface area (Å²) in [7, 11) is 0. The summed E-state index contributed by atoms with van der Waals surface area (Å²) in [5.74, 6) is 0. The highest BCUT2D eigenvalue weighted by atomic mass is 35.5. The minimum Gasteiger partial charge on any atom is -0.375 e. The van der Waals surface area contributed by atoms with Crippen LogP contribution in [0.3, 0.4) is 0 Å². The van der Waals surface area contributed by atoms with Gasteiger partial charge in [-0.3, -0.25) is 0 Å². The first kappa shape index (κ1) is 14.5. The molecule has 17 heavy (non-hydrogen) atoms. The lowest BCUT2D eigenvalue weighted by Crippen LogP contribution is -2.40. The van der Waals surface area contributed by atoms with Crippen molar-refractivity contribution in [1.82, 2.24) is 5.32 Å². The van der Waals surface area contributed by atoms with Gasteiger partial charge in [0.05, 0.1) is 13.2 Å². The van der Waals surface area contributed by atoms with Crippen LogP contribution in [0.25, 0.3) is 0 Å². The molecule has 0 aliphatic carbocycles. The number of halogens is 1. The Morgan fingerprint density at radius 3 is 2.76 bits per heavy atom. The van der Waals surface area contributed by atoms with Crippen molar-refractivity contribution in [1.29, 1.82) is 0 Å². The zero-order valence-corrected chi connectivity index (χ0v) is 11.7. The van der Waals surface area contributed by atoms with E-state index in [-0.39, 0.29) is 5.54 Å². The van der Waals surface area contributed by atoms with E-state index in [4.69, 9.17) is 16.3 Å². The fraction of sp³-hybridized carbons (Fsp3) is 0.571. The molecule has 1 N–H and O–H groups in total. The average Bonchev–Trinajstić information content (AvgIpc) is 2.29. The van der Waals surface area contributed by atoms with Gasteiger partial charge < -0.3 is 10.1 Å². The SMILES string of the molecule is CCC(C)(C)NCCOCc1cccc(Cl)c1. The molecule has 0 aliphatic heterocycles. The third-order valence-electron chi connectivity index (χ3n) is 2.89. The van der Waals surface area contributed by atoms with Crippen LogP contribution in [0.5, 0.6) is 0 Å². The Hall–Kier alpha value is -0.570. The van der Waals surface area contributed by atoms with Crippen LogP contribution in [-0.4, -0.2) is 18.7 Å². The molecule has 0 heterocycles. The molecule has 0 saturated heterocycles. The highest BCUT2D eigenvalue weighted by molar-refractivity contribution is 6.30. The summed E-state index contributed by atoms with van der Waals surface area (Å²) in [6.45, 7) is 8.79. The molecule has 0 fully saturated rings. The molecule has 0 unspecified atom stereocenters. The zero-order chi connectivity index (χ0) is 12.7. The maximum Gasteiger partial charge on any atom is 0.0718 e. The Kier molecular flexibility index (Phi) is 5.96. The molecule has 0 aromatic heterocycles. The maximum absolute atomic E-state index is 5.90. The van der Waals surface area contributed by atoms with Crippen LogP contribution < -0.4 is 5.32 Å². The van der Waals surface area contributed by atoms with Gasteiger partial charge in [-0.1, -0.05) is 30.7 Å². The molecular weight excluding hydrogens is 234 g/mol. The standard InChI is InChI=1S/C14H22ClNO/c1-4-14(2,3)16-8-9-17-11-12-6-5-7-13(15)10-12/h5-7,10,16H,4,8-9,11H2,1-3H3. The highest BCUT2D eigenvalue weighted by Gasteiger charge is 2.12. The second kappa shape index (κ2) is 7.00. The molecule has 1 aromatic rings. The largest absolute Gasteiger partial charge is 0.375 e. The number of ether oxygens (including phenoxy) is 1. The molecule has 3 heteroatoms. The van der Waals surface area contributed by atoms with Crippen LogP contribution in [0.15, 0.2) is 24.3 Å². The van der Waals surface area contributed by atoms with Crippen molar-refractivity contribution in [2.75, 3.05) is 13.2 Å². The quantitative estimate of drug-likeness (QED) is 0.752.